The molecule has 0 radical (unpaired) electrons. The molecule has 0 fully saturated rings. The highest BCUT2D eigenvalue weighted by Gasteiger charge is 2.18. The molecule has 0 atom stereocenters. The molecule has 0 bridgehead atoms. The third-order valence-corrected chi connectivity index (χ3v) is 3.90. The first-order valence-electron chi connectivity index (χ1n) is 7.45. The predicted molar refractivity (Wildman–Crippen MR) is 90.5 cm³/mol. The maximum absolute atomic E-state index is 11.4. The summed E-state index contributed by atoms with van der Waals surface area (Å²) in [6.45, 7) is 0. The Bertz CT molecular complexity index is 862. The van der Waals surface area contributed by atoms with Crippen LogP contribution in [0.4, 0.5) is 0 Å². The molecule has 0 aliphatic rings. The van der Waals surface area contributed by atoms with Gasteiger partial charge in [0.25, 0.3) is 0 Å². The largest absolute Gasteiger partial charge is 0.497 e. The maximum Gasteiger partial charge on any atom is 0.204 e. The minimum absolute atomic E-state index is 0.470. The molecule has 0 unspecified atom stereocenters. The van der Waals surface area contributed by atoms with E-state index in [1.54, 1.807) is 20.3 Å². The van der Waals surface area contributed by atoms with Gasteiger partial charge >= 0.3 is 0 Å². The van der Waals surface area contributed by atoms with E-state index in [4.69, 9.17) is 18.6 Å². The summed E-state index contributed by atoms with van der Waals surface area (Å²) < 4.78 is 21.8. The number of aldehydes is 1. The smallest absolute Gasteiger partial charge is 0.204 e. The van der Waals surface area contributed by atoms with Gasteiger partial charge in [-0.1, -0.05) is 12.1 Å². The molecule has 24 heavy (non-hydrogen) atoms. The number of ether oxygens (including phenoxy) is 3. The summed E-state index contributed by atoms with van der Waals surface area (Å²) in [5.41, 5.74) is 2.10. The number of hydrogen-bond acceptors (Lipinski definition) is 5. The van der Waals surface area contributed by atoms with E-state index in [-0.39, 0.29) is 0 Å². The number of hydrogen-bond donors (Lipinski definition) is 0. The monoisotopic (exact) mass is 326 g/mol. The van der Waals surface area contributed by atoms with Crippen LogP contribution in [-0.2, 0) is 6.42 Å². The van der Waals surface area contributed by atoms with Crippen molar-refractivity contribution in [1.82, 2.24) is 0 Å². The number of rotatable bonds is 6. The van der Waals surface area contributed by atoms with Crippen molar-refractivity contribution in [3.8, 4) is 17.2 Å². The Hall–Kier alpha value is -2.95. The number of carbonyl (C=O) groups is 1. The molecular formula is C19H18O5. The van der Waals surface area contributed by atoms with E-state index >= 15 is 0 Å². The summed E-state index contributed by atoms with van der Waals surface area (Å²) in [7, 11) is 4.71. The molecule has 2 aromatic carbocycles. The second kappa shape index (κ2) is 6.66. The van der Waals surface area contributed by atoms with Crippen molar-refractivity contribution < 1.29 is 23.4 Å². The van der Waals surface area contributed by atoms with Crippen molar-refractivity contribution >= 4 is 17.3 Å². The zero-order chi connectivity index (χ0) is 17.1. The summed E-state index contributed by atoms with van der Waals surface area (Å²) in [6, 6.07) is 11.3. The number of fused-ring (bicyclic) bond motifs is 1. The van der Waals surface area contributed by atoms with Crippen LogP contribution in [0.25, 0.3) is 11.0 Å². The van der Waals surface area contributed by atoms with E-state index < -0.39 is 0 Å². The lowest BCUT2D eigenvalue weighted by Gasteiger charge is -2.08. The first kappa shape index (κ1) is 15.9. The lowest BCUT2D eigenvalue weighted by atomic mass is 10.1. The molecule has 0 aliphatic heterocycles. The average Bonchev–Trinajstić information content (AvgIpc) is 3.04. The zero-order valence-electron chi connectivity index (χ0n) is 13.8. The van der Waals surface area contributed by atoms with Crippen LogP contribution in [0.5, 0.6) is 17.2 Å². The van der Waals surface area contributed by atoms with Crippen molar-refractivity contribution in [2.75, 3.05) is 21.3 Å². The fraction of sp³-hybridized carbons (Fsp3) is 0.211. The predicted octanol–water partition coefficient (Wildman–Crippen LogP) is 3.86. The van der Waals surface area contributed by atoms with Gasteiger partial charge in [-0.2, -0.15) is 0 Å². The minimum Gasteiger partial charge on any atom is -0.497 e. The maximum atomic E-state index is 11.4. The lowest BCUT2D eigenvalue weighted by molar-refractivity contribution is 0.112. The Morgan fingerprint density at radius 3 is 2.33 bits per heavy atom. The molecule has 3 aromatic rings. The minimum atomic E-state index is 0.470. The number of methoxy groups -OCH3 is 3. The topological polar surface area (TPSA) is 57.9 Å². The van der Waals surface area contributed by atoms with Crippen molar-refractivity contribution in [2.24, 2.45) is 0 Å². The normalized spacial score (nSPS) is 10.6. The van der Waals surface area contributed by atoms with Crippen LogP contribution in [-0.4, -0.2) is 27.6 Å². The van der Waals surface area contributed by atoms with Crippen LogP contribution in [0.3, 0.4) is 0 Å². The van der Waals surface area contributed by atoms with E-state index in [2.05, 4.69) is 0 Å². The van der Waals surface area contributed by atoms with Crippen molar-refractivity contribution in [1.29, 1.82) is 0 Å². The van der Waals surface area contributed by atoms with Crippen molar-refractivity contribution in [2.45, 2.75) is 6.42 Å². The second-order valence-electron chi connectivity index (χ2n) is 5.30. The Kier molecular flexibility index (Phi) is 4.42. The first-order valence-corrected chi connectivity index (χ1v) is 7.45. The van der Waals surface area contributed by atoms with Gasteiger partial charge in [-0.05, 0) is 29.8 Å². The fourth-order valence-electron chi connectivity index (χ4n) is 2.70. The summed E-state index contributed by atoms with van der Waals surface area (Å²) in [4.78, 5) is 11.4. The Morgan fingerprint density at radius 1 is 1.00 bits per heavy atom. The van der Waals surface area contributed by atoms with Gasteiger partial charge in [-0.3, -0.25) is 4.79 Å². The van der Waals surface area contributed by atoms with Crippen molar-refractivity contribution in [3.05, 3.63) is 53.3 Å². The molecule has 5 heteroatoms. The molecule has 0 amide bonds. The van der Waals surface area contributed by atoms with Crippen LogP contribution < -0.4 is 14.2 Å². The third-order valence-electron chi connectivity index (χ3n) is 3.90. The molecule has 1 aromatic heterocycles. The zero-order valence-corrected chi connectivity index (χ0v) is 13.8. The van der Waals surface area contributed by atoms with Gasteiger partial charge in [-0.15, -0.1) is 0 Å². The second-order valence-corrected chi connectivity index (χ2v) is 5.30. The Morgan fingerprint density at radius 2 is 1.75 bits per heavy atom. The van der Waals surface area contributed by atoms with Gasteiger partial charge < -0.3 is 18.6 Å². The summed E-state index contributed by atoms with van der Waals surface area (Å²) >= 11 is 0. The van der Waals surface area contributed by atoms with Crippen LogP contribution in [0.1, 0.15) is 21.7 Å². The number of carbonyl (C=O) groups excluding carboxylic acids is 1. The molecular weight excluding hydrogens is 308 g/mol. The first-order chi connectivity index (χ1) is 11.7. The van der Waals surface area contributed by atoms with Gasteiger partial charge in [0.2, 0.25) is 5.75 Å². The van der Waals surface area contributed by atoms with Gasteiger partial charge in [0.15, 0.2) is 17.6 Å². The highest BCUT2D eigenvalue weighted by Crippen LogP contribution is 2.39. The van der Waals surface area contributed by atoms with Gasteiger partial charge in [-0.25, -0.2) is 0 Å². The SMILES string of the molecule is COc1ccc(Cc2cc3c(C=O)cc(OC)c(OC)c3o2)cc1. The standard InChI is InChI=1S/C19H18O5/c1-21-14-6-4-12(5-7-14)8-15-10-16-13(11-20)9-17(22-2)19(23-3)18(16)24-15/h4-7,9-11H,8H2,1-3H3. The average molecular weight is 326 g/mol. The quantitative estimate of drug-likeness (QED) is 0.644. The highest BCUT2D eigenvalue weighted by atomic mass is 16.5. The molecule has 0 saturated carbocycles. The van der Waals surface area contributed by atoms with E-state index in [9.17, 15) is 4.79 Å². The molecule has 0 saturated heterocycles. The van der Waals surface area contributed by atoms with E-state index in [1.165, 1.54) is 7.11 Å². The molecule has 1 heterocycles. The van der Waals surface area contributed by atoms with Gasteiger partial charge in [0, 0.05) is 17.4 Å². The number of furan rings is 1. The van der Waals surface area contributed by atoms with Crippen LogP contribution in [0.15, 0.2) is 40.8 Å². The van der Waals surface area contributed by atoms with E-state index in [1.807, 2.05) is 30.3 Å². The molecule has 0 aliphatic carbocycles. The van der Waals surface area contributed by atoms with Crippen LogP contribution in [0.2, 0.25) is 0 Å². The Balaban J connectivity index is 2.04. The summed E-state index contributed by atoms with van der Waals surface area (Å²) in [5, 5.41) is 0.714. The molecule has 124 valence electrons. The third kappa shape index (κ3) is 2.80. The van der Waals surface area contributed by atoms with Crippen LogP contribution >= 0.6 is 0 Å². The van der Waals surface area contributed by atoms with E-state index in [0.717, 1.165) is 23.4 Å². The van der Waals surface area contributed by atoms with Crippen molar-refractivity contribution in [3.63, 3.8) is 0 Å². The van der Waals surface area contributed by atoms with Crippen LogP contribution in [0, 0.1) is 0 Å². The number of benzene rings is 2. The van der Waals surface area contributed by atoms with E-state index in [0.29, 0.717) is 34.5 Å². The molecule has 0 spiro atoms. The molecule has 0 N–H and O–H groups in total. The lowest BCUT2D eigenvalue weighted by Crippen LogP contribution is -1.93. The summed E-state index contributed by atoms with van der Waals surface area (Å²) in [6.07, 6.45) is 1.39. The van der Waals surface area contributed by atoms with Gasteiger partial charge in [0.1, 0.15) is 11.5 Å². The molecule has 3 rings (SSSR count). The highest BCUT2D eigenvalue weighted by molar-refractivity contribution is 6.00. The van der Waals surface area contributed by atoms with Gasteiger partial charge in [0.05, 0.1) is 21.3 Å². The fourth-order valence-corrected chi connectivity index (χ4v) is 2.70. The summed E-state index contributed by atoms with van der Waals surface area (Å²) in [5.74, 6) is 2.50. The molecule has 5 nitrogen and oxygen atoms in total. The Labute approximate surface area is 139 Å².